The first-order valence-electron chi connectivity index (χ1n) is 10.7. The van der Waals surface area contributed by atoms with Crippen LogP contribution in [0.5, 0.6) is 17.2 Å². The van der Waals surface area contributed by atoms with Gasteiger partial charge in [-0.05, 0) is 36.8 Å². The van der Waals surface area contributed by atoms with Crippen LogP contribution in [0.2, 0.25) is 0 Å². The van der Waals surface area contributed by atoms with E-state index in [9.17, 15) is 4.79 Å². The number of hydrogen-bond acceptors (Lipinski definition) is 8. The van der Waals surface area contributed by atoms with Gasteiger partial charge in [0.1, 0.15) is 6.61 Å². The fourth-order valence-corrected chi connectivity index (χ4v) is 3.40. The minimum Gasteiger partial charge on any atom is -0.493 e. The molecule has 0 spiro atoms. The van der Waals surface area contributed by atoms with Crippen LogP contribution in [-0.4, -0.2) is 77.3 Å². The predicted octanol–water partition coefficient (Wildman–Crippen LogP) is 3.04. The minimum absolute atomic E-state index is 0.293. The molecule has 0 aliphatic carbocycles. The number of carbonyl (C=O) groups is 1. The lowest BCUT2D eigenvalue weighted by Gasteiger charge is -2.25. The molecule has 0 aromatic heterocycles. The summed E-state index contributed by atoms with van der Waals surface area (Å²) in [6.07, 6.45) is 0. The van der Waals surface area contributed by atoms with Crippen LogP contribution in [0, 0.1) is 0 Å². The van der Waals surface area contributed by atoms with E-state index in [0.29, 0.717) is 35.1 Å². The van der Waals surface area contributed by atoms with Crippen molar-refractivity contribution >= 4 is 17.3 Å². The normalized spacial score (nSPS) is 14.5. The average molecular weight is 458 g/mol. The molecule has 2 aromatic rings. The standard InChI is InChI=1S/C24H31N3O6/c1-17(26-33-14-11-27-9-12-32-13-10-27)18-5-7-20(8-6-18)25-24(28)19-15-21(29-2)23(31-4)22(16-19)30-3/h5-8,15-16H,9-14H2,1-4H3,(H,25,28). The fourth-order valence-electron chi connectivity index (χ4n) is 3.40. The van der Waals surface area contributed by atoms with E-state index in [1.807, 2.05) is 31.2 Å². The van der Waals surface area contributed by atoms with Crippen LogP contribution in [0.1, 0.15) is 22.8 Å². The molecule has 1 fully saturated rings. The summed E-state index contributed by atoms with van der Waals surface area (Å²) in [6.45, 7) is 6.63. The number of nitrogens with zero attached hydrogens (tertiary/aromatic N) is 2. The van der Waals surface area contributed by atoms with Crippen LogP contribution in [0.3, 0.4) is 0 Å². The molecule has 0 radical (unpaired) electrons. The maximum absolute atomic E-state index is 12.8. The second-order valence-corrected chi connectivity index (χ2v) is 7.41. The van der Waals surface area contributed by atoms with Crippen LogP contribution >= 0.6 is 0 Å². The molecule has 1 aliphatic heterocycles. The van der Waals surface area contributed by atoms with Crippen molar-refractivity contribution in [1.29, 1.82) is 0 Å². The third kappa shape index (κ3) is 6.59. The van der Waals surface area contributed by atoms with Crippen molar-refractivity contribution < 1.29 is 28.6 Å². The Morgan fingerprint density at radius 1 is 1.00 bits per heavy atom. The molecule has 33 heavy (non-hydrogen) atoms. The molecule has 1 saturated heterocycles. The Kier molecular flexibility index (Phi) is 8.91. The van der Waals surface area contributed by atoms with E-state index >= 15 is 0 Å². The number of nitrogens with one attached hydrogen (secondary N) is 1. The maximum Gasteiger partial charge on any atom is 0.255 e. The van der Waals surface area contributed by atoms with Crippen molar-refractivity contribution in [3.05, 3.63) is 47.5 Å². The van der Waals surface area contributed by atoms with Gasteiger partial charge in [-0.3, -0.25) is 9.69 Å². The van der Waals surface area contributed by atoms with Gasteiger partial charge in [0.15, 0.2) is 11.5 Å². The van der Waals surface area contributed by atoms with Gasteiger partial charge < -0.3 is 29.1 Å². The Morgan fingerprint density at radius 3 is 2.21 bits per heavy atom. The Bertz CT molecular complexity index is 930. The van der Waals surface area contributed by atoms with Crippen LogP contribution < -0.4 is 19.5 Å². The summed E-state index contributed by atoms with van der Waals surface area (Å²) >= 11 is 0. The average Bonchev–Trinajstić information content (AvgIpc) is 2.86. The first-order valence-corrected chi connectivity index (χ1v) is 10.7. The summed E-state index contributed by atoms with van der Waals surface area (Å²) in [5.74, 6) is 0.970. The van der Waals surface area contributed by atoms with Crippen molar-refractivity contribution in [2.75, 3.05) is 66.1 Å². The third-order valence-electron chi connectivity index (χ3n) is 5.29. The number of benzene rings is 2. The summed E-state index contributed by atoms with van der Waals surface area (Å²) in [4.78, 5) is 20.5. The van der Waals surface area contributed by atoms with Crippen LogP contribution in [0.25, 0.3) is 0 Å². The Hall–Kier alpha value is -3.30. The van der Waals surface area contributed by atoms with Crippen molar-refractivity contribution in [2.24, 2.45) is 5.16 Å². The lowest BCUT2D eigenvalue weighted by molar-refractivity contribution is 0.0212. The van der Waals surface area contributed by atoms with Crippen LogP contribution in [0.15, 0.2) is 41.6 Å². The van der Waals surface area contributed by atoms with E-state index in [0.717, 1.165) is 44.1 Å². The molecule has 1 amide bonds. The molecule has 3 rings (SSSR count). The van der Waals surface area contributed by atoms with E-state index in [1.165, 1.54) is 21.3 Å². The SMILES string of the molecule is COc1cc(C(=O)Nc2ccc(C(C)=NOCCN3CCOCC3)cc2)cc(OC)c1OC. The van der Waals surface area contributed by atoms with Crippen molar-refractivity contribution in [3.63, 3.8) is 0 Å². The zero-order chi connectivity index (χ0) is 23.6. The largest absolute Gasteiger partial charge is 0.493 e. The van der Waals surface area contributed by atoms with Crippen LogP contribution in [-0.2, 0) is 9.57 Å². The van der Waals surface area contributed by atoms with Crippen LogP contribution in [0.4, 0.5) is 5.69 Å². The van der Waals surface area contributed by atoms with Gasteiger partial charge in [0.2, 0.25) is 5.75 Å². The topological polar surface area (TPSA) is 90.9 Å². The summed E-state index contributed by atoms with van der Waals surface area (Å²) in [6, 6.07) is 10.6. The first-order chi connectivity index (χ1) is 16.0. The van der Waals surface area contributed by atoms with E-state index in [-0.39, 0.29) is 5.91 Å². The fraction of sp³-hybridized carbons (Fsp3) is 0.417. The molecule has 1 aliphatic rings. The Labute approximate surface area is 194 Å². The monoisotopic (exact) mass is 457 g/mol. The number of amides is 1. The van der Waals surface area contributed by atoms with E-state index < -0.39 is 0 Å². The molecule has 1 N–H and O–H groups in total. The number of morpholine rings is 1. The first kappa shape index (κ1) is 24.3. The van der Waals surface area contributed by atoms with Gasteiger partial charge in [-0.25, -0.2) is 0 Å². The van der Waals surface area contributed by atoms with Gasteiger partial charge >= 0.3 is 0 Å². The zero-order valence-corrected chi connectivity index (χ0v) is 19.6. The lowest BCUT2D eigenvalue weighted by Crippen LogP contribution is -2.38. The van der Waals surface area contributed by atoms with Gasteiger partial charge in [0.25, 0.3) is 5.91 Å². The Morgan fingerprint density at radius 2 is 1.64 bits per heavy atom. The molecule has 0 bridgehead atoms. The zero-order valence-electron chi connectivity index (χ0n) is 19.6. The highest BCUT2D eigenvalue weighted by Crippen LogP contribution is 2.38. The molecule has 2 aromatic carbocycles. The summed E-state index contributed by atoms with van der Waals surface area (Å²) in [5, 5.41) is 7.08. The molecule has 178 valence electrons. The van der Waals surface area contributed by atoms with Gasteiger partial charge in [-0.2, -0.15) is 0 Å². The summed E-state index contributed by atoms with van der Waals surface area (Å²) in [5.41, 5.74) is 2.71. The molecule has 9 heteroatoms. The number of oxime groups is 1. The predicted molar refractivity (Wildman–Crippen MR) is 126 cm³/mol. The highest BCUT2D eigenvalue weighted by atomic mass is 16.6. The Balaban J connectivity index is 1.58. The minimum atomic E-state index is -0.293. The number of ether oxygens (including phenoxy) is 4. The number of anilines is 1. The van der Waals surface area contributed by atoms with Gasteiger partial charge in [-0.1, -0.05) is 17.3 Å². The summed E-state index contributed by atoms with van der Waals surface area (Å²) < 4.78 is 21.3. The molecule has 0 saturated carbocycles. The van der Waals surface area contributed by atoms with Crippen molar-refractivity contribution in [3.8, 4) is 17.2 Å². The second-order valence-electron chi connectivity index (χ2n) is 7.41. The highest BCUT2D eigenvalue weighted by Gasteiger charge is 2.17. The number of rotatable bonds is 10. The number of hydrogen-bond donors (Lipinski definition) is 1. The highest BCUT2D eigenvalue weighted by molar-refractivity contribution is 6.05. The molecular formula is C24H31N3O6. The molecule has 1 heterocycles. The van der Waals surface area contributed by atoms with Crippen molar-refractivity contribution in [2.45, 2.75) is 6.92 Å². The lowest BCUT2D eigenvalue weighted by atomic mass is 10.1. The number of carbonyl (C=O) groups excluding carboxylic acids is 1. The molecule has 0 atom stereocenters. The number of methoxy groups -OCH3 is 3. The molecular weight excluding hydrogens is 426 g/mol. The third-order valence-corrected chi connectivity index (χ3v) is 5.29. The van der Waals surface area contributed by atoms with Gasteiger partial charge in [0.05, 0.1) is 40.3 Å². The van der Waals surface area contributed by atoms with E-state index in [1.54, 1.807) is 12.1 Å². The smallest absolute Gasteiger partial charge is 0.255 e. The quantitative estimate of drug-likeness (QED) is 0.333. The van der Waals surface area contributed by atoms with E-state index in [2.05, 4.69) is 15.4 Å². The van der Waals surface area contributed by atoms with Gasteiger partial charge in [-0.15, -0.1) is 0 Å². The molecule has 0 unspecified atom stereocenters. The maximum atomic E-state index is 12.8. The van der Waals surface area contributed by atoms with Crippen molar-refractivity contribution in [1.82, 2.24) is 4.90 Å². The van der Waals surface area contributed by atoms with E-state index in [4.69, 9.17) is 23.8 Å². The summed E-state index contributed by atoms with van der Waals surface area (Å²) in [7, 11) is 4.53. The second kappa shape index (κ2) is 12.1. The molecule has 9 nitrogen and oxygen atoms in total. The van der Waals surface area contributed by atoms with Gasteiger partial charge in [0, 0.05) is 30.9 Å².